The van der Waals surface area contributed by atoms with E-state index in [0.29, 0.717) is 16.4 Å². The van der Waals surface area contributed by atoms with Crippen LogP contribution in [0.25, 0.3) is 65.9 Å². The van der Waals surface area contributed by atoms with E-state index in [4.69, 9.17) is 8.83 Å². The van der Waals surface area contributed by atoms with Crippen molar-refractivity contribution in [1.29, 1.82) is 0 Å². The molecule has 0 aliphatic carbocycles. The lowest BCUT2D eigenvalue weighted by molar-refractivity contribution is 0.0782. The van der Waals surface area contributed by atoms with Gasteiger partial charge in [-0.15, -0.1) is 0 Å². The van der Waals surface area contributed by atoms with Crippen LogP contribution in [0.5, 0.6) is 5.75 Å². The summed E-state index contributed by atoms with van der Waals surface area (Å²) in [4.78, 5) is 12.9. The lowest BCUT2D eigenvalue weighted by Gasteiger charge is -2.15. The molecule has 0 saturated carbocycles. The number of halogens is 2. The molecule has 2 heterocycles. The summed E-state index contributed by atoms with van der Waals surface area (Å²) in [7, 11) is -5.23. The van der Waals surface area contributed by atoms with Crippen molar-refractivity contribution in [2.75, 3.05) is 0 Å². The maximum atomic E-state index is 13.8. The molecule has 2 aromatic heterocycles. The Hall–Kier alpha value is -5.02. The van der Waals surface area contributed by atoms with Crippen LogP contribution >= 0.6 is 0 Å². The molecular formula is C34H22F2O6S. The van der Waals surface area contributed by atoms with E-state index in [1.807, 2.05) is 72.8 Å². The Morgan fingerprint density at radius 1 is 0.674 bits per heavy atom. The number of para-hydroxylation sites is 2. The number of fused-ring (bicyclic) bond motifs is 6. The standard InChI is InChI=1S/C34H22F2O6S/c1-2-34(35,36)43(38,39)42-23-15-17-25-27-16-14-22(18-31(27)41-33(37)29(25)19-23)20-10-12-21(13-11-20)24-7-5-8-28-26-6-3-4-9-30(26)40-32(24)28/h3-19H,2H2,1H3. The van der Waals surface area contributed by atoms with Gasteiger partial charge in [0.15, 0.2) is 0 Å². The van der Waals surface area contributed by atoms with E-state index in [0.717, 1.165) is 57.2 Å². The zero-order valence-electron chi connectivity index (χ0n) is 22.6. The zero-order chi connectivity index (χ0) is 29.9. The minimum Gasteiger partial charge on any atom is -0.455 e. The summed E-state index contributed by atoms with van der Waals surface area (Å²) in [5.74, 6) is -0.401. The van der Waals surface area contributed by atoms with Gasteiger partial charge in [-0.05, 0) is 53.1 Å². The Kier molecular flexibility index (Phi) is 6.10. The van der Waals surface area contributed by atoms with Gasteiger partial charge < -0.3 is 13.0 Å². The smallest absolute Gasteiger partial charge is 0.380 e. The molecule has 0 N–H and O–H groups in total. The number of rotatable bonds is 6. The maximum absolute atomic E-state index is 13.8. The van der Waals surface area contributed by atoms with E-state index >= 15 is 0 Å². The van der Waals surface area contributed by atoms with E-state index in [9.17, 15) is 22.0 Å². The third kappa shape index (κ3) is 4.44. The molecule has 43 heavy (non-hydrogen) atoms. The Morgan fingerprint density at radius 2 is 1.35 bits per heavy atom. The third-order valence-corrected chi connectivity index (χ3v) is 9.03. The van der Waals surface area contributed by atoms with E-state index in [-0.39, 0.29) is 5.39 Å². The fourth-order valence-electron chi connectivity index (χ4n) is 5.32. The van der Waals surface area contributed by atoms with Gasteiger partial charge in [-0.3, -0.25) is 0 Å². The highest BCUT2D eigenvalue weighted by molar-refractivity contribution is 7.88. The van der Waals surface area contributed by atoms with Gasteiger partial charge in [0.25, 0.3) is 0 Å². The number of benzene rings is 5. The van der Waals surface area contributed by atoms with Gasteiger partial charge in [-0.1, -0.05) is 73.7 Å². The molecule has 0 bridgehead atoms. The van der Waals surface area contributed by atoms with Crippen LogP contribution < -0.4 is 9.81 Å². The van der Waals surface area contributed by atoms with Crippen molar-refractivity contribution in [1.82, 2.24) is 0 Å². The average molecular weight is 597 g/mol. The predicted octanol–water partition coefficient (Wildman–Crippen LogP) is 8.89. The molecule has 0 aliphatic rings. The summed E-state index contributed by atoms with van der Waals surface area (Å²) in [5, 5.41) is -0.873. The van der Waals surface area contributed by atoms with Crippen molar-refractivity contribution < 1.29 is 30.2 Å². The van der Waals surface area contributed by atoms with Gasteiger partial charge in [0.2, 0.25) is 0 Å². The van der Waals surface area contributed by atoms with Crippen LogP contribution in [0.1, 0.15) is 13.3 Å². The molecule has 0 amide bonds. The largest absolute Gasteiger partial charge is 0.455 e. The zero-order valence-corrected chi connectivity index (χ0v) is 23.5. The average Bonchev–Trinajstić information content (AvgIpc) is 3.40. The first-order valence-electron chi connectivity index (χ1n) is 13.5. The minimum atomic E-state index is -5.23. The third-order valence-electron chi connectivity index (χ3n) is 7.60. The molecule has 7 rings (SSSR count). The van der Waals surface area contributed by atoms with Gasteiger partial charge in [-0.2, -0.15) is 17.2 Å². The second kappa shape index (κ2) is 9.78. The first-order chi connectivity index (χ1) is 20.6. The molecular weight excluding hydrogens is 574 g/mol. The number of furan rings is 1. The molecule has 0 atom stereocenters. The van der Waals surface area contributed by atoms with Crippen molar-refractivity contribution in [2.24, 2.45) is 0 Å². The van der Waals surface area contributed by atoms with Crippen LogP contribution in [0.3, 0.4) is 0 Å². The van der Waals surface area contributed by atoms with Gasteiger partial charge in [0, 0.05) is 33.5 Å². The summed E-state index contributed by atoms with van der Waals surface area (Å²) in [5.41, 5.74) is 4.91. The second-order valence-electron chi connectivity index (χ2n) is 10.2. The highest BCUT2D eigenvalue weighted by Crippen LogP contribution is 2.37. The molecule has 0 unspecified atom stereocenters. The summed E-state index contributed by atoms with van der Waals surface area (Å²) in [6.45, 7) is 1.04. The number of hydrogen-bond donors (Lipinski definition) is 0. The Bertz CT molecular complexity index is 2370. The van der Waals surface area contributed by atoms with Crippen molar-refractivity contribution in [3.63, 3.8) is 0 Å². The molecule has 0 aliphatic heterocycles. The van der Waals surface area contributed by atoms with Gasteiger partial charge in [0.05, 0.1) is 5.39 Å². The summed E-state index contributed by atoms with van der Waals surface area (Å²) >= 11 is 0. The van der Waals surface area contributed by atoms with Crippen LogP contribution in [0.4, 0.5) is 8.78 Å². The van der Waals surface area contributed by atoms with Crippen LogP contribution in [-0.4, -0.2) is 13.7 Å². The SMILES string of the molecule is CCC(F)(F)S(=O)(=O)Oc1ccc2c(c1)c(=O)oc1cc(-c3ccc(-c4cccc5c4oc4ccccc45)cc3)ccc12. The lowest BCUT2D eigenvalue weighted by atomic mass is 9.98. The fourth-order valence-corrected chi connectivity index (χ4v) is 6.16. The highest BCUT2D eigenvalue weighted by atomic mass is 32.2. The summed E-state index contributed by atoms with van der Waals surface area (Å²) in [6.07, 6.45) is -0.946. The molecule has 214 valence electrons. The lowest BCUT2D eigenvalue weighted by Crippen LogP contribution is -2.32. The first-order valence-corrected chi connectivity index (χ1v) is 14.9. The fraction of sp³-hybridized carbons (Fsp3) is 0.0882. The van der Waals surface area contributed by atoms with Crippen molar-refractivity contribution in [3.05, 3.63) is 114 Å². The normalized spacial score (nSPS) is 12.4. The predicted molar refractivity (Wildman–Crippen MR) is 163 cm³/mol. The van der Waals surface area contributed by atoms with E-state index < -0.39 is 33.2 Å². The Balaban J connectivity index is 1.23. The van der Waals surface area contributed by atoms with Gasteiger partial charge in [0.1, 0.15) is 22.5 Å². The quantitative estimate of drug-likeness (QED) is 0.108. The Labute approximate surface area is 243 Å². The molecule has 7 aromatic rings. The number of hydrogen-bond acceptors (Lipinski definition) is 6. The topological polar surface area (TPSA) is 86.7 Å². The highest BCUT2D eigenvalue weighted by Gasteiger charge is 2.45. The molecule has 9 heteroatoms. The van der Waals surface area contributed by atoms with Crippen molar-refractivity contribution in [2.45, 2.75) is 18.6 Å². The molecule has 5 aromatic carbocycles. The van der Waals surface area contributed by atoms with Crippen LogP contribution in [0.2, 0.25) is 0 Å². The summed E-state index contributed by atoms with van der Waals surface area (Å²) < 4.78 is 67.9. The molecule has 0 spiro atoms. The Morgan fingerprint density at radius 3 is 2.14 bits per heavy atom. The van der Waals surface area contributed by atoms with Crippen LogP contribution in [-0.2, 0) is 10.1 Å². The monoisotopic (exact) mass is 596 g/mol. The first kappa shape index (κ1) is 26.9. The van der Waals surface area contributed by atoms with Gasteiger partial charge in [-0.25, -0.2) is 4.79 Å². The van der Waals surface area contributed by atoms with E-state index in [1.54, 1.807) is 12.1 Å². The van der Waals surface area contributed by atoms with Crippen LogP contribution in [0, 0.1) is 0 Å². The number of alkyl halides is 2. The van der Waals surface area contributed by atoms with Crippen molar-refractivity contribution in [3.8, 4) is 28.0 Å². The van der Waals surface area contributed by atoms with E-state index in [1.165, 1.54) is 12.1 Å². The van der Waals surface area contributed by atoms with Crippen molar-refractivity contribution >= 4 is 53.8 Å². The molecule has 0 radical (unpaired) electrons. The molecule has 0 fully saturated rings. The van der Waals surface area contributed by atoms with Gasteiger partial charge >= 0.3 is 21.0 Å². The summed E-state index contributed by atoms with van der Waals surface area (Å²) in [6, 6.07) is 31.2. The molecule has 6 nitrogen and oxygen atoms in total. The van der Waals surface area contributed by atoms with Crippen LogP contribution in [0.15, 0.2) is 117 Å². The molecule has 0 saturated heterocycles. The second-order valence-corrected chi connectivity index (χ2v) is 11.9. The van der Waals surface area contributed by atoms with E-state index in [2.05, 4.69) is 4.18 Å². The maximum Gasteiger partial charge on any atom is 0.380 e. The minimum absolute atomic E-state index is 0.0110.